The van der Waals surface area contributed by atoms with E-state index in [0.717, 1.165) is 12.1 Å². The number of aliphatic carboxylic acids is 1. The Labute approximate surface area is 127 Å². The molecule has 0 aromatic heterocycles. The summed E-state index contributed by atoms with van der Waals surface area (Å²) in [6, 6.07) is 5.95. The van der Waals surface area contributed by atoms with E-state index in [0.29, 0.717) is 18.7 Å². The molecule has 1 aliphatic heterocycles. The number of carbonyl (C=O) groups excluding carboxylic acids is 2. The fourth-order valence-electron chi connectivity index (χ4n) is 2.16. The second kappa shape index (κ2) is 6.93. The van der Waals surface area contributed by atoms with Gasteiger partial charge in [-0.05, 0) is 25.5 Å². The number of carboxylic acids is 1. The molecule has 1 aliphatic rings. The van der Waals surface area contributed by atoms with Crippen molar-refractivity contribution in [3.05, 3.63) is 24.3 Å². The van der Waals surface area contributed by atoms with E-state index >= 15 is 0 Å². The molecule has 0 bridgehead atoms. The number of benzene rings is 1. The summed E-state index contributed by atoms with van der Waals surface area (Å²) < 4.78 is 5.34. The number of amides is 2. The monoisotopic (exact) mass is 306 g/mol. The first-order valence-electron chi connectivity index (χ1n) is 7.03. The Balaban J connectivity index is 1.92. The molecule has 2 amide bonds. The van der Waals surface area contributed by atoms with Crippen LogP contribution in [-0.4, -0.2) is 42.1 Å². The Bertz CT molecular complexity index is 587. The van der Waals surface area contributed by atoms with Crippen molar-refractivity contribution in [1.29, 1.82) is 0 Å². The van der Waals surface area contributed by atoms with Gasteiger partial charge in [-0.25, -0.2) is 0 Å². The summed E-state index contributed by atoms with van der Waals surface area (Å²) in [5.74, 6) is -1.10. The van der Waals surface area contributed by atoms with Crippen molar-refractivity contribution < 1.29 is 24.2 Å². The lowest BCUT2D eigenvalue weighted by molar-refractivity contribution is -0.141. The Morgan fingerprint density at radius 2 is 2.23 bits per heavy atom. The van der Waals surface area contributed by atoms with Crippen LogP contribution in [0.5, 0.6) is 5.75 Å². The minimum atomic E-state index is -1.11. The summed E-state index contributed by atoms with van der Waals surface area (Å²) in [7, 11) is 0. The summed E-state index contributed by atoms with van der Waals surface area (Å²) in [6.07, 6.45) is 1.37. The highest BCUT2D eigenvalue weighted by Crippen LogP contribution is 2.25. The summed E-state index contributed by atoms with van der Waals surface area (Å²) >= 11 is 0. The van der Waals surface area contributed by atoms with Gasteiger partial charge in [0.2, 0.25) is 5.91 Å². The molecule has 1 saturated heterocycles. The molecule has 2 N–H and O–H groups in total. The lowest BCUT2D eigenvalue weighted by Gasteiger charge is -2.17. The average molecular weight is 306 g/mol. The Hall–Kier alpha value is -2.57. The van der Waals surface area contributed by atoms with Gasteiger partial charge in [0, 0.05) is 24.7 Å². The molecule has 1 fully saturated rings. The van der Waals surface area contributed by atoms with Crippen LogP contribution in [-0.2, 0) is 14.4 Å². The van der Waals surface area contributed by atoms with Gasteiger partial charge in [0.05, 0.1) is 0 Å². The highest BCUT2D eigenvalue weighted by molar-refractivity contribution is 5.95. The van der Waals surface area contributed by atoms with Crippen LogP contribution in [0.25, 0.3) is 0 Å². The van der Waals surface area contributed by atoms with Gasteiger partial charge in [0.15, 0.2) is 6.61 Å². The summed E-state index contributed by atoms with van der Waals surface area (Å²) in [5, 5.41) is 11.0. The molecule has 1 aromatic carbocycles. The molecule has 1 unspecified atom stereocenters. The number of nitrogens with one attached hydrogen (secondary N) is 1. The van der Waals surface area contributed by atoms with Crippen molar-refractivity contribution in [2.24, 2.45) is 0 Å². The molecule has 22 heavy (non-hydrogen) atoms. The SMILES string of the molecule is CC(NC(=O)COc1cccc(N2CCCC2=O)c1)C(=O)O. The first-order chi connectivity index (χ1) is 10.5. The van der Waals surface area contributed by atoms with Crippen molar-refractivity contribution >= 4 is 23.5 Å². The van der Waals surface area contributed by atoms with Crippen LogP contribution in [0.1, 0.15) is 19.8 Å². The summed E-state index contributed by atoms with van der Waals surface area (Å²) in [6.45, 7) is 1.77. The van der Waals surface area contributed by atoms with Gasteiger partial charge in [0.1, 0.15) is 11.8 Å². The molecule has 0 radical (unpaired) electrons. The van der Waals surface area contributed by atoms with Gasteiger partial charge in [-0.1, -0.05) is 6.07 Å². The summed E-state index contributed by atoms with van der Waals surface area (Å²) in [4.78, 5) is 35.6. The molecule has 118 valence electrons. The van der Waals surface area contributed by atoms with Crippen LogP contribution in [0.4, 0.5) is 5.69 Å². The van der Waals surface area contributed by atoms with Gasteiger partial charge in [0.25, 0.3) is 5.91 Å². The zero-order valence-electron chi connectivity index (χ0n) is 12.2. The highest BCUT2D eigenvalue weighted by atomic mass is 16.5. The minimum absolute atomic E-state index is 0.0742. The molecule has 7 heteroatoms. The van der Waals surface area contributed by atoms with Crippen LogP contribution in [0.15, 0.2) is 24.3 Å². The third kappa shape index (κ3) is 3.97. The smallest absolute Gasteiger partial charge is 0.325 e. The molecule has 1 aromatic rings. The van der Waals surface area contributed by atoms with Gasteiger partial charge >= 0.3 is 5.97 Å². The predicted molar refractivity (Wildman–Crippen MR) is 78.8 cm³/mol. The molecule has 1 heterocycles. The van der Waals surface area contributed by atoms with Crippen molar-refractivity contribution in [1.82, 2.24) is 5.32 Å². The van der Waals surface area contributed by atoms with Crippen molar-refractivity contribution in [2.45, 2.75) is 25.8 Å². The molecule has 1 atom stereocenters. The number of carbonyl (C=O) groups is 3. The van der Waals surface area contributed by atoms with E-state index in [1.165, 1.54) is 6.92 Å². The molecule has 0 aliphatic carbocycles. The molecule has 7 nitrogen and oxygen atoms in total. The topological polar surface area (TPSA) is 95.9 Å². The van der Waals surface area contributed by atoms with E-state index in [-0.39, 0.29) is 12.5 Å². The third-order valence-corrected chi connectivity index (χ3v) is 3.32. The number of anilines is 1. The van der Waals surface area contributed by atoms with Crippen LogP contribution in [0.2, 0.25) is 0 Å². The Morgan fingerprint density at radius 1 is 1.45 bits per heavy atom. The molecular formula is C15H18N2O5. The van der Waals surface area contributed by atoms with E-state index in [4.69, 9.17) is 9.84 Å². The van der Waals surface area contributed by atoms with E-state index in [1.807, 2.05) is 6.07 Å². The molecule has 2 rings (SSSR count). The van der Waals surface area contributed by atoms with Crippen LogP contribution >= 0.6 is 0 Å². The highest BCUT2D eigenvalue weighted by Gasteiger charge is 2.22. The predicted octanol–water partition coefficient (Wildman–Crippen LogP) is 0.781. The lowest BCUT2D eigenvalue weighted by atomic mass is 10.3. The van der Waals surface area contributed by atoms with Gasteiger partial charge < -0.3 is 20.1 Å². The van der Waals surface area contributed by atoms with Gasteiger partial charge in [-0.2, -0.15) is 0 Å². The van der Waals surface area contributed by atoms with Gasteiger partial charge in [-0.3, -0.25) is 14.4 Å². The number of hydrogen-bond donors (Lipinski definition) is 2. The number of hydrogen-bond acceptors (Lipinski definition) is 4. The number of nitrogens with zero attached hydrogens (tertiary/aromatic N) is 1. The zero-order chi connectivity index (χ0) is 16.1. The normalized spacial score (nSPS) is 15.5. The fraction of sp³-hybridized carbons (Fsp3) is 0.400. The first kappa shape index (κ1) is 15.8. The maximum absolute atomic E-state index is 11.7. The number of ether oxygens (including phenoxy) is 1. The van der Waals surface area contributed by atoms with E-state index in [2.05, 4.69) is 5.32 Å². The number of rotatable bonds is 6. The first-order valence-corrected chi connectivity index (χ1v) is 7.03. The quantitative estimate of drug-likeness (QED) is 0.809. The molecule has 0 saturated carbocycles. The number of carboxylic acid groups (broad SMARTS) is 1. The van der Waals surface area contributed by atoms with Crippen LogP contribution in [0.3, 0.4) is 0 Å². The second-order valence-electron chi connectivity index (χ2n) is 5.06. The van der Waals surface area contributed by atoms with E-state index in [9.17, 15) is 14.4 Å². The largest absolute Gasteiger partial charge is 0.484 e. The molecule has 0 spiro atoms. The van der Waals surface area contributed by atoms with Crippen molar-refractivity contribution in [3.63, 3.8) is 0 Å². The van der Waals surface area contributed by atoms with Crippen LogP contribution < -0.4 is 15.0 Å². The Morgan fingerprint density at radius 3 is 2.86 bits per heavy atom. The standard InChI is InChI=1S/C15H18N2O5/c1-10(15(20)21)16-13(18)9-22-12-5-2-4-11(8-12)17-7-3-6-14(17)19/h2,4-5,8,10H,3,6-7,9H2,1H3,(H,16,18)(H,20,21). The van der Waals surface area contributed by atoms with Crippen LogP contribution in [0, 0.1) is 0 Å². The maximum Gasteiger partial charge on any atom is 0.325 e. The lowest BCUT2D eigenvalue weighted by Crippen LogP contribution is -2.40. The van der Waals surface area contributed by atoms with Crippen molar-refractivity contribution in [2.75, 3.05) is 18.1 Å². The Kier molecular flexibility index (Phi) is 4.98. The minimum Gasteiger partial charge on any atom is -0.484 e. The second-order valence-corrected chi connectivity index (χ2v) is 5.06. The third-order valence-electron chi connectivity index (χ3n) is 3.32. The average Bonchev–Trinajstić information content (AvgIpc) is 2.91. The summed E-state index contributed by atoms with van der Waals surface area (Å²) in [5.41, 5.74) is 0.735. The van der Waals surface area contributed by atoms with E-state index in [1.54, 1.807) is 23.1 Å². The van der Waals surface area contributed by atoms with Gasteiger partial charge in [-0.15, -0.1) is 0 Å². The molecular weight excluding hydrogens is 288 g/mol. The van der Waals surface area contributed by atoms with E-state index < -0.39 is 17.9 Å². The van der Waals surface area contributed by atoms with Crippen molar-refractivity contribution in [3.8, 4) is 5.75 Å². The fourth-order valence-corrected chi connectivity index (χ4v) is 2.16. The maximum atomic E-state index is 11.7. The zero-order valence-corrected chi connectivity index (χ0v) is 12.2.